The van der Waals surface area contributed by atoms with Gasteiger partial charge < -0.3 is 14.7 Å². The van der Waals surface area contributed by atoms with Gasteiger partial charge in [-0.25, -0.2) is 13.1 Å². The normalized spacial score (nSPS) is 33.8. The van der Waals surface area contributed by atoms with Gasteiger partial charge in [-0.2, -0.15) is 0 Å². The molecular weight excluding hydrogens is 560 g/mol. The molecule has 2 aliphatic heterocycles. The molecule has 2 aromatic carbocycles. The van der Waals surface area contributed by atoms with Gasteiger partial charge in [0.05, 0.1) is 23.6 Å². The van der Waals surface area contributed by atoms with E-state index in [0.29, 0.717) is 38.3 Å². The lowest BCUT2D eigenvalue weighted by molar-refractivity contribution is -0.0469. The summed E-state index contributed by atoms with van der Waals surface area (Å²) in [6.07, 6.45) is 8.82. The van der Waals surface area contributed by atoms with Crippen LogP contribution in [0.1, 0.15) is 73.9 Å². The predicted molar refractivity (Wildman–Crippen MR) is 161 cm³/mol. The molecule has 0 saturated heterocycles. The van der Waals surface area contributed by atoms with Gasteiger partial charge in [0.2, 0.25) is 10.0 Å². The maximum Gasteiger partial charge on any atom is 0.264 e. The summed E-state index contributed by atoms with van der Waals surface area (Å²) in [5, 5.41) is 11.3. The van der Waals surface area contributed by atoms with Crippen molar-refractivity contribution in [2.75, 3.05) is 24.6 Å². The Bertz CT molecular complexity index is 1490. The lowest BCUT2D eigenvalue weighted by atomic mass is 9.58. The SMILES string of the molecule is C[C@@H]1CC/C=C\[C@@H](O)[C@]2(C)CC[C@H]2CN2C[C@@]3(CCCc4cc(Cl)ccc43)COc3ccc(cc32)C(=O)NS1(=O)=O. The van der Waals surface area contributed by atoms with E-state index in [4.69, 9.17) is 16.3 Å². The molecule has 220 valence electrons. The van der Waals surface area contributed by atoms with E-state index in [9.17, 15) is 18.3 Å². The summed E-state index contributed by atoms with van der Waals surface area (Å²) < 4.78 is 34.7. The third kappa shape index (κ3) is 5.17. The van der Waals surface area contributed by atoms with Crippen LogP contribution in [0.5, 0.6) is 5.75 Å². The highest BCUT2D eigenvalue weighted by Gasteiger charge is 2.49. The average molecular weight is 599 g/mol. The molecule has 4 aliphatic rings. The van der Waals surface area contributed by atoms with E-state index in [1.807, 2.05) is 18.2 Å². The highest BCUT2D eigenvalue weighted by molar-refractivity contribution is 7.90. The third-order valence-corrected chi connectivity index (χ3v) is 12.2. The number of aliphatic hydroxyl groups excluding tert-OH is 1. The van der Waals surface area contributed by atoms with E-state index in [1.54, 1.807) is 25.1 Å². The molecule has 2 heterocycles. The zero-order valence-corrected chi connectivity index (χ0v) is 25.3. The van der Waals surface area contributed by atoms with Crippen LogP contribution in [0, 0.1) is 11.3 Å². The molecule has 1 fully saturated rings. The summed E-state index contributed by atoms with van der Waals surface area (Å²) in [5.41, 5.74) is 3.01. The van der Waals surface area contributed by atoms with Gasteiger partial charge in [0.1, 0.15) is 5.75 Å². The predicted octanol–water partition coefficient (Wildman–Crippen LogP) is 5.39. The van der Waals surface area contributed by atoms with E-state index in [0.717, 1.165) is 42.8 Å². The number of carbonyl (C=O) groups excluding carboxylic acids is 1. The smallest absolute Gasteiger partial charge is 0.264 e. The Morgan fingerprint density at radius 2 is 1.98 bits per heavy atom. The number of hydrogen-bond acceptors (Lipinski definition) is 6. The molecule has 0 radical (unpaired) electrons. The van der Waals surface area contributed by atoms with E-state index < -0.39 is 27.3 Å². The third-order valence-electron chi connectivity index (χ3n) is 10.2. The quantitative estimate of drug-likeness (QED) is 0.395. The second-order valence-corrected chi connectivity index (χ2v) is 15.3. The first-order chi connectivity index (χ1) is 19.5. The zero-order valence-electron chi connectivity index (χ0n) is 23.7. The maximum absolute atomic E-state index is 13.2. The first-order valence-electron chi connectivity index (χ1n) is 14.7. The maximum atomic E-state index is 13.2. The molecule has 5 atom stereocenters. The number of sulfonamides is 1. The van der Waals surface area contributed by atoms with Crippen LogP contribution in [-0.4, -0.2) is 50.5 Å². The Balaban J connectivity index is 1.44. The van der Waals surface area contributed by atoms with Crippen LogP contribution in [-0.2, 0) is 21.9 Å². The van der Waals surface area contributed by atoms with Crippen molar-refractivity contribution in [3.8, 4) is 5.75 Å². The van der Waals surface area contributed by atoms with Crippen molar-refractivity contribution in [3.05, 3.63) is 70.3 Å². The lowest BCUT2D eigenvalue weighted by Crippen LogP contribution is -2.53. The van der Waals surface area contributed by atoms with E-state index in [1.165, 1.54) is 11.1 Å². The monoisotopic (exact) mass is 598 g/mol. The summed E-state index contributed by atoms with van der Waals surface area (Å²) in [6.45, 7) is 5.64. The molecule has 0 aromatic heterocycles. The number of hydrogen-bond donors (Lipinski definition) is 2. The number of nitrogens with zero attached hydrogens (tertiary/aromatic N) is 1. The number of nitrogens with one attached hydrogen (secondary N) is 1. The Kier molecular flexibility index (Phi) is 7.40. The van der Waals surface area contributed by atoms with Crippen LogP contribution < -0.4 is 14.4 Å². The first-order valence-corrected chi connectivity index (χ1v) is 16.6. The highest BCUT2D eigenvalue weighted by Crippen LogP contribution is 2.52. The van der Waals surface area contributed by atoms with Gasteiger partial charge in [-0.3, -0.25) is 4.79 Å². The molecule has 7 nitrogen and oxygen atoms in total. The second-order valence-electron chi connectivity index (χ2n) is 12.8. The number of carbonyl (C=O) groups is 1. The average Bonchev–Trinajstić information content (AvgIpc) is 3.08. The minimum absolute atomic E-state index is 0.239. The standard InChI is InChI=1S/C32H39ClN2O5S/c1-21-6-3-4-8-29(36)31(2)15-13-24(31)18-35-19-32(14-5-7-22-16-25(33)10-11-26(22)32)20-40-28-12-9-23(17-27(28)35)30(37)34-41(21,38)39/h4,8-12,16-17,21,24,29,36H,3,5-7,13-15,18-20H2,1-2H3,(H,34,37)/b8-4-/t21-,24+,29-,31-,32+/m1/s1. The van der Waals surface area contributed by atoms with Gasteiger partial charge in [0, 0.05) is 34.5 Å². The fourth-order valence-corrected chi connectivity index (χ4v) is 8.45. The highest BCUT2D eigenvalue weighted by atomic mass is 35.5. The van der Waals surface area contributed by atoms with E-state index in [2.05, 4.69) is 28.7 Å². The number of rotatable bonds is 0. The molecule has 2 aliphatic carbocycles. The topological polar surface area (TPSA) is 95.9 Å². The molecule has 2 N–H and O–H groups in total. The Hall–Kier alpha value is -2.55. The molecule has 9 heteroatoms. The summed E-state index contributed by atoms with van der Waals surface area (Å²) in [5.74, 6) is 0.282. The number of halogens is 1. The van der Waals surface area contributed by atoms with Gasteiger partial charge in [0.25, 0.3) is 5.91 Å². The number of ether oxygens (including phenoxy) is 1. The largest absolute Gasteiger partial charge is 0.490 e. The number of benzene rings is 2. The van der Waals surface area contributed by atoms with Gasteiger partial charge in [-0.05, 0) is 99.2 Å². The molecule has 0 unspecified atom stereocenters. The van der Waals surface area contributed by atoms with Crippen LogP contribution in [0.2, 0.25) is 5.02 Å². The number of aliphatic hydroxyl groups is 1. The van der Waals surface area contributed by atoms with Gasteiger partial charge in [-0.15, -0.1) is 0 Å². The second kappa shape index (κ2) is 10.6. The lowest BCUT2D eigenvalue weighted by Gasteiger charge is -2.52. The van der Waals surface area contributed by atoms with Crippen LogP contribution in [0.4, 0.5) is 5.69 Å². The van der Waals surface area contributed by atoms with E-state index >= 15 is 0 Å². The molecule has 1 spiro atoms. The fraction of sp³-hybridized carbons (Fsp3) is 0.531. The van der Waals surface area contributed by atoms with Crippen molar-refractivity contribution in [2.24, 2.45) is 11.3 Å². The molecule has 1 amide bonds. The minimum Gasteiger partial charge on any atom is -0.490 e. The molecule has 41 heavy (non-hydrogen) atoms. The molecule has 2 aromatic rings. The van der Waals surface area contributed by atoms with Crippen LogP contribution in [0.3, 0.4) is 0 Å². The van der Waals surface area contributed by atoms with Crippen molar-refractivity contribution in [1.29, 1.82) is 0 Å². The summed E-state index contributed by atoms with van der Waals surface area (Å²) in [7, 11) is -3.87. The summed E-state index contributed by atoms with van der Waals surface area (Å²) in [6, 6.07) is 11.4. The first kappa shape index (κ1) is 28.6. The Morgan fingerprint density at radius 3 is 2.76 bits per heavy atom. The van der Waals surface area contributed by atoms with Gasteiger partial charge in [-0.1, -0.05) is 36.7 Å². The van der Waals surface area contributed by atoms with Crippen molar-refractivity contribution < 1.29 is 23.1 Å². The molecule has 1 saturated carbocycles. The number of fused-ring (bicyclic) bond motifs is 4. The van der Waals surface area contributed by atoms with Crippen LogP contribution in [0.15, 0.2) is 48.6 Å². The number of anilines is 1. The summed E-state index contributed by atoms with van der Waals surface area (Å²) >= 11 is 6.38. The van der Waals surface area contributed by atoms with Crippen molar-refractivity contribution in [1.82, 2.24) is 4.72 Å². The van der Waals surface area contributed by atoms with Crippen molar-refractivity contribution >= 4 is 33.2 Å². The van der Waals surface area contributed by atoms with Crippen LogP contribution >= 0.6 is 11.6 Å². The Morgan fingerprint density at radius 1 is 1.15 bits per heavy atom. The molecular formula is C32H39ClN2O5S. The summed E-state index contributed by atoms with van der Waals surface area (Å²) in [4.78, 5) is 15.6. The number of allylic oxidation sites excluding steroid dienone is 1. The molecule has 6 rings (SSSR count). The number of amides is 1. The van der Waals surface area contributed by atoms with Crippen molar-refractivity contribution in [3.63, 3.8) is 0 Å². The van der Waals surface area contributed by atoms with Gasteiger partial charge >= 0.3 is 0 Å². The zero-order chi connectivity index (χ0) is 29.0. The minimum atomic E-state index is -3.87. The fourth-order valence-electron chi connectivity index (χ4n) is 7.23. The van der Waals surface area contributed by atoms with E-state index in [-0.39, 0.29) is 22.3 Å². The Labute approximate surface area is 248 Å². The van der Waals surface area contributed by atoms with Crippen molar-refractivity contribution in [2.45, 2.75) is 75.6 Å². The van der Waals surface area contributed by atoms with Gasteiger partial charge in [0.15, 0.2) is 0 Å². The van der Waals surface area contributed by atoms with Crippen LogP contribution in [0.25, 0.3) is 0 Å². The number of aryl methyl sites for hydroxylation is 1. The molecule has 2 bridgehead atoms.